The minimum Gasteiger partial charge on any atom is -0.477 e. The molecule has 0 bridgehead atoms. The van der Waals surface area contributed by atoms with Crippen molar-refractivity contribution >= 4 is 32.8 Å². The minimum atomic E-state index is -0.888. The molecular weight excluding hydrogens is 270 g/mol. The van der Waals surface area contributed by atoms with Crippen LogP contribution in [0.5, 0.6) is 0 Å². The fourth-order valence-corrected chi connectivity index (χ4v) is 2.26. The summed E-state index contributed by atoms with van der Waals surface area (Å²) in [5.41, 5.74) is 1.28. The summed E-state index contributed by atoms with van der Waals surface area (Å²) < 4.78 is 2.79. The van der Waals surface area contributed by atoms with Gasteiger partial charge < -0.3 is 9.67 Å². The Hall–Kier alpha value is -1.29. The van der Waals surface area contributed by atoms with E-state index in [1.165, 1.54) is 0 Å². The van der Waals surface area contributed by atoms with Gasteiger partial charge in [-0.3, -0.25) is 0 Å². The summed E-state index contributed by atoms with van der Waals surface area (Å²) in [6, 6.07) is 7.62. The van der Waals surface area contributed by atoms with E-state index in [4.69, 9.17) is 5.11 Å². The molecule has 1 N–H and O–H groups in total. The standard InChI is InChI=1S/C12H12BrNO2/c1-7(2)14-10-6-9(13)4-3-8(10)5-11(14)12(15)16/h3-7H,1-2H3,(H,15,16). The van der Waals surface area contributed by atoms with Crippen molar-refractivity contribution in [2.75, 3.05) is 0 Å². The predicted molar refractivity (Wildman–Crippen MR) is 67.0 cm³/mol. The van der Waals surface area contributed by atoms with Crippen molar-refractivity contribution in [1.82, 2.24) is 4.57 Å². The lowest BCUT2D eigenvalue weighted by Gasteiger charge is -2.12. The lowest BCUT2D eigenvalue weighted by molar-refractivity contribution is 0.0684. The van der Waals surface area contributed by atoms with Crippen molar-refractivity contribution in [3.8, 4) is 0 Å². The average Bonchev–Trinajstić information content (AvgIpc) is 2.55. The summed E-state index contributed by atoms with van der Waals surface area (Å²) in [4.78, 5) is 11.1. The van der Waals surface area contributed by atoms with Crippen LogP contribution in [0.2, 0.25) is 0 Å². The second-order valence-electron chi connectivity index (χ2n) is 4.00. The van der Waals surface area contributed by atoms with Crippen LogP contribution >= 0.6 is 15.9 Å². The first-order chi connectivity index (χ1) is 7.50. The van der Waals surface area contributed by atoms with Gasteiger partial charge in [0, 0.05) is 15.9 Å². The van der Waals surface area contributed by atoms with Gasteiger partial charge in [-0.05, 0) is 32.0 Å². The molecule has 0 saturated carbocycles. The molecule has 0 aliphatic heterocycles. The number of hydrogen-bond acceptors (Lipinski definition) is 1. The number of carboxylic acid groups (broad SMARTS) is 1. The van der Waals surface area contributed by atoms with Crippen LogP contribution in [0, 0.1) is 0 Å². The van der Waals surface area contributed by atoms with Crippen molar-refractivity contribution in [1.29, 1.82) is 0 Å². The quantitative estimate of drug-likeness (QED) is 0.912. The molecule has 1 aromatic carbocycles. The molecule has 0 spiro atoms. The molecule has 1 aromatic heterocycles. The zero-order chi connectivity index (χ0) is 11.9. The number of aromatic nitrogens is 1. The van der Waals surface area contributed by atoms with Crippen LogP contribution in [0.3, 0.4) is 0 Å². The molecule has 0 saturated heterocycles. The van der Waals surface area contributed by atoms with Crippen LogP contribution in [0.4, 0.5) is 0 Å². The fourth-order valence-electron chi connectivity index (χ4n) is 1.92. The highest BCUT2D eigenvalue weighted by Crippen LogP contribution is 2.26. The molecule has 0 atom stereocenters. The summed E-state index contributed by atoms with van der Waals surface area (Å²) in [6.45, 7) is 3.96. The summed E-state index contributed by atoms with van der Waals surface area (Å²) in [6.07, 6.45) is 0. The first-order valence-corrected chi connectivity index (χ1v) is 5.84. The van der Waals surface area contributed by atoms with E-state index in [1.807, 2.05) is 36.6 Å². The number of carbonyl (C=O) groups is 1. The van der Waals surface area contributed by atoms with Crippen molar-refractivity contribution in [2.45, 2.75) is 19.9 Å². The van der Waals surface area contributed by atoms with Crippen LogP contribution in [-0.4, -0.2) is 15.6 Å². The molecule has 0 unspecified atom stereocenters. The first kappa shape index (κ1) is 11.2. The number of fused-ring (bicyclic) bond motifs is 1. The fraction of sp³-hybridized carbons (Fsp3) is 0.250. The Morgan fingerprint density at radius 1 is 1.38 bits per heavy atom. The highest BCUT2D eigenvalue weighted by atomic mass is 79.9. The van der Waals surface area contributed by atoms with Crippen molar-refractivity contribution in [2.24, 2.45) is 0 Å². The van der Waals surface area contributed by atoms with Gasteiger partial charge in [0.15, 0.2) is 0 Å². The highest BCUT2D eigenvalue weighted by molar-refractivity contribution is 9.10. The van der Waals surface area contributed by atoms with Crippen molar-refractivity contribution < 1.29 is 9.90 Å². The summed E-state index contributed by atoms with van der Waals surface area (Å²) in [5.74, 6) is -0.888. The van der Waals surface area contributed by atoms with Gasteiger partial charge in [0.25, 0.3) is 0 Å². The number of hydrogen-bond donors (Lipinski definition) is 1. The molecule has 0 amide bonds. The topological polar surface area (TPSA) is 42.2 Å². The van der Waals surface area contributed by atoms with Crippen molar-refractivity contribution in [3.05, 3.63) is 34.4 Å². The van der Waals surface area contributed by atoms with Gasteiger partial charge in [0.1, 0.15) is 5.69 Å². The maximum Gasteiger partial charge on any atom is 0.352 e. The van der Waals surface area contributed by atoms with Crippen LogP contribution in [-0.2, 0) is 0 Å². The molecule has 84 valence electrons. The van der Waals surface area contributed by atoms with E-state index in [2.05, 4.69) is 15.9 Å². The van der Waals surface area contributed by atoms with Gasteiger partial charge in [-0.25, -0.2) is 4.79 Å². The third-order valence-corrected chi connectivity index (χ3v) is 3.03. The Balaban J connectivity index is 2.82. The van der Waals surface area contributed by atoms with Crippen molar-refractivity contribution in [3.63, 3.8) is 0 Å². The Bertz CT molecular complexity index is 557. The zero-order valence-corrected chi connectivity index (χ0v) is 10.7. The minimum absolute atomic E-state index is 0.123. The van der Waals surface area contributed by atoms with Gasteiger partial charge in [-0.2, -0.15) is 0 Å². The predicted octanol–water partition coefficient (Wildman–Crippen LogP) is 3.68. The van der Waals surface area contributed by atoms with E-state index < -0.39 is 5.97 Å². The van der Waals surface area contributed by atoms with Gasteiger partial charge in [-0.15, -0.1) is 0 Å². The molecule has 4 heteroatoms. The van der Waals surface area contributed by atoms with Crippen LogP contribution in [0.15, 0.2) is 28.7 Å². The number of benzene rings is 1. The molecule has 16 heavy (non-hydrogen) atoms. The summed E-state index contributed by atoms with van der Waals surface area (Å²) in [7, 11) is 0. The Morgan fingerprint density at radius 3 is 2.62 bits per heavy atom. The maximum atomic E-state index is 11.1. The van der Waals surface area contributed by atoms with Gasteiger partial charge in [-0.1, -0.05) is 22.0 Å². The van der Waals surface area contributed by atoms with E-state index in [0.717, 1.165) is 15.4 Å². The lowest BCUT2D eigenvalue weighted by Crippen LogP contribution is -2.10. The smallest absolute Gasteiger partial charge is 0.352 e. The lowest BCUT2D eigenvalue weighted by atomic mass is 10.2. The van der Waals surface area contributed by atoms with E-state index >= 15 is 0 Å². The first-order valence-electron chi connectivity index (χ1n) is 5.04. The number of rotatable bonds is 2. The van der Waals surface area contributed by atoms with E-state index in [0.29, 0.717) is 5.69 Å². The number of aromatic carboxylic acids is 1. The molecule has 1 heterocycles. The SMILES string of the molecule is CC(C)n1c(C(=O)O)cc2ccc(Br)cc21. The monoisotopic (exact) mass is 281 g/mol. The average molecular weight is 282 g/mol. The summed E-state index contributed by atoms with van der Waals surface area (Å²) >= 11 is 3.40. The van der Waals surface area contributed by atoms with Gasteiger partial charge >= 0.3 is 5.97 Å². The van der Waals surface area contributed by atoms with E-state index in [-0.39, 0.29) is 6.04 Å². The second kappa shape index (κ2) is 3.94. The molecule has 2 aromatic rings. The van der Waals surface area contributed by atoms with E-state index in [9.17, 15) is 4.79 Å². The van der Waals surface area contributed by atoms with E-state index in [1.54, 1.807) is 6.07 Å². The number of carboxylic acids is 1. The molecule has 0 aliphatic rings. The number of halogens is 1. The highest BCUT2D eigenvalue weighted by Gasteiger charge is 2.16. The van der Waals surface area contributed by atoms with Gasteiger partial charge in [0.05, 0.1) is 5.52 Å². The van der Waals surface area contributed by atoms with Crippen LogP contribution < -0.4 is 0 Å². The molecule has 0 fully saturated rings. The maximum absolute atomic E-state index is 11.1. The molecule has 2 rings (SSSR count). The van der Waals surface area contributed by atoms with Crippen LogP contribution in [0.1, 0.15) is 30.4 Å². The Morgan fingerprint density at radius 2 is 2.06 bits per heavy atom. The normalized spacial score (nSPS) is 11.2. The molecule has 0 radical (unpaired) electrons. The largest absolute Gasteiger partial charge is 0.477 e. The number of nitrogens with zero attached hydrogens (tertiary/aromatic N) is 1. The molecule has 0 aliphatic carbocycles. The molecule has 3 nitrogen and oxygen atoms in total. The Labute approximate surface area is 102 Å². The second-order valence-corrected chi connectivity index (χ2v) is 4.92. The third kappa shape index (κ3) is 1.73. The third-order valence-electron chi connectivity index (χ3n) is 2.54. The Kier molecular flexibility index (Phi) is 2.76. The molecular formula is C12H12BrNO2. The zero-order valence-electron chi connectivity index (χ0n) is 9.07. The van der Waals surface area contributed by atoms with Gasteiger partial charge in [0.2, 0.25) is 0 Å². The summed E-state index contributed by atoms with van der Waals surface area (Å²) in [5, 5.41) is 10.1. The van der Waals surface area contributed by atoms with Crippen LogP contribution in [0.25, 0.3) is 10.9 Å².